The van der Waals surface area contributed by atoms with Crippen molar-refractivity contribution in [3.63, 3.8) is 0 Å². The van der Waals surface area contributed by atoms with Crippen LogP contribution in [0.1, 0.15) is 36.5 Å². The number of aromatic nitrogens is 3. The molecule has 1 unspecified atom stereocenters. The second-order valence-electron chi connectivity index (χ2n) is 7.65. The molecule has 1 aliphatic heterocycles. The molecular formula is C22H27N5O. The molecule has 1 amide bonds. The molecule has 28 heavy (non-hydrogen) atoms. The number of piperidine rings is 1. The monoisotopic (exact) mass is 377 g/mol. The van der Waals surface area contributed by atoms with Gasteiger partial charge in [0.05, 0.1) is 11.9 Å². The molecular weight excluding hydrogens is 350 g/mol. The van der Waals surface area contributed by atoms with Gasteiger partial charge in [-0.1, -0.05) is 37.3 Å². The van der Waals surface area contributed by atoms with E-state index in [9.17, 15) is 4.79 Å². The number of hydrogen-bond donors (Lipinski definition) is 1. The molecule has 0 bridgehead atoms. The van der Waals surface area contributed by atoms with Crippen molar-refractivity contribution in [2.24, 2.45) is 5.92 Å². The van der Waals surface area contributed by atoms with Gasteiger partial charge >= 0.3 is 0 Å². The van der Waals surface area contributed by atoms with E-state index in [1.165, 1.54) is 25.9 Å². The normalized spacial score (nSPS) is 17.7. The number of hydrogen-bond acceptors (Lipinski definition) is 4. The number of carbonyl (C=O) groups is 1. The Bertz CT molecular complexity index is 937. The first kappa shape index (κ1) is 18.6. The van der Waals surface area contributed by atoms with Gasteiger partial charge < -0.3 is 10.2 Å². The van der Waals surface area contributed by atoms with Crippen LogP contribution in [-0.2, 0) is 0 Å². The van der Waals surface area contributed by atoms with Crippen molar-refractivity contribution in [3.05, 3.63) is 54.4 Å². The average molecular weight is 377 g/mol. The Balaban J connectivity index is 1.39. The highest BCUT2D eigenvalue weighted by Gasteiger charge is 2.17. The maximum atomic E-state index is 12.7. The molecule has 0 aliphatic carbocycles. The second-order valence-corrected chi connectivity index (χ2v) is 7.65. The zero-order valence-electron chi connectivity index (χ0n) is 16.3. The first-order valence-corrected chi connectivity index (χ1v) is 10.1. The Morgan fingerprint density at radius 3 is 2.93 bits per heavy atom. The van der Waals surface area contributed by atoms with Crippen LogP contribution < -0.4 is 5.32 Å². The predicted molar refractivity (Wildman–Crippen MR) is 110 cm³/mol. The van der Waals surface area contributed by atoms with Gasteiger partial charge in [0.1, 0.15) is 5.56 Å². The van der Waals surface area contributed by atoms with E-state index in [1.54, 1.807) is 16.9 Å². The van der Waals surface area contributed by atoms with Gasteiger partial charge in [0.2, 0.25) is 0 Å². The maximum Gasteiger partial charge on any atom is 0.256 e. The maximum absolute atomic E-state index is 12.7. The number of likely N-dealkylation sites (tertiary alicyclic amines) is 1. The van der Waals surface area contributed by atoms with Gasteiger partial charge in [-0.15, -0.1) is 0 Å². The van der Waals surface area contributed by atoms with Crippen LogP contribution in [0.5, 0.6) is 0 Å². The number of fused-ring (bicyclic) bond motifs is 1. The highest BCUT2D eigenvalue weighted by Crippen LogP contribution is 2.20. The van der Waals surface area contributed by atoms with E-state index in [2.05, 4.69) is 27.2 Å². The van der Waals surface area contributed by atoms with Crippen LogP contribution in [0.3, 0.4) is 0 Å². The number of nitrogens with zero attached hydrogens (tertiary/aromatic N) is 4. The molecule has 1 atom stereocenters. The molecule has 4 rings (SSSR count). The zero-order chi connectivity index (χ0) is 19.3. The summed E-state index contributed by atoms with van der Waals surface area (Å²) in [5.41, 5.74) is 3.07. The Kier molecular flexibility index (Phi) is 5.67. The van der Waals surface area contributed by atoms with Crippen LogP contribution in [0.4, 0.5) is 0 Å². The standard InChI is InChI=1S/C22H27N5O/c1-17-7-5-13-26(16-17)14-6-11-24-22(28)19-15-25-27-20(10-12-23-21(19)27)18-8-3-2-4-9-18/h2-4,8-10,12,15,17H,5-7,11,13-14,16H2,1H3,(H,24,28). The lowest BCUT2D eigenvalue weighted by Crippen LogP contribution is -2.36. The van der Waals surface area contributed by atoms with Gasteiger partial charge in [0, 0.05) is 24.8 Å². The summed E-state index contributed by atoms with van der Waals surface area (Å²) in [7, 11) is 0. The first-order chi connectivity index (χ1) is 13.7. The van der Waals surface area contributed by atoms with E-state index >= 15 is 0 Å². The lowest BCUT2D eigenvalue weighted by molar-refractivity contribution is 0.0951. The third-order valence-electron chi connectivity index (χ3n) is 5.39. The zero-order valence-corrected chi connectivity index (χ0v) is 16.3. The fraction of sp³-hybridized carbons (Fsp3) is 0.409. The van der Waals surface area contributed by atoms with E-state index < -0.39 is 0 Å². The number of rotatable bonds is 6. The molecule has 146 valence electrons. The van der Waals surface area contributed by atoms with Crippen molar-refractivity contribution in [1.82, 2.24) is 24.8 Å². The predicted octanol–water partition coefficient (Wildman–Crippen LogP) is 3.25. The summed E-state index contributed by atoms with van der Waals surface area (Å²) in [5.74, 6) is 0.673. The molecule has 6 heteroatoms. The third kappa shape index (κ3) is 4.07. The van der Waals surface area contributed by atoms with Gasteiger partial charge in [-0.2, -0.15) is 5.10 Å². The summed E-state index contributed by atoms with van der Waals surface area (Å²) in [6, 6.07) is 11.9. The molecule has 0 spiro atoms. The third-order valence-corrected chi connectivity index (χ3v) is 5.39. The molecule has 1 N–H and O–H groups in total. The number of amides is 1. The Morgan fingerprint density at radius 1 is 1.25 bits per heavy atom. The average Bonchev–Trinajstić information content (AvgIpc) is 3.16. The first-order valence-electron chi connectivity index (χ1n) is 10.1. The fourth-order valence-electron chi connectivity index (χ4n) is 3.97. The molecule has 1 aromatic carbocycles. The van der Waals surface area contributed by atoms with Crippen LogP contribution in [0.2, 0.25) is 0 Å². The van der Waals surface area contributed by atoms with Crippen molar-refractivity contribution in [2.45, 2.75) is 26.2 Å². The Morgan fingerprint density at radius 2 is 2.11 bits per heavy atom. The van der Waals surface area contributed by atoms with E-state index in [4.69, 9.17) is 0 Å². The Labute approximate surface area is 165 Å². The van der Waals surface area contributed by atoms with E-state index in [1.807, 2.05) is 36.4 Å². The highest BCUT2D eigenvalue weighted by atomic mass is 16.1. The number of benzene rings is 1. The summed E-state index contributed by atoms with van der Waals surface area (Å²) in [6.07, 6.45) is 6.91. The number of nitrogens with one attached hydrogen (secondary N) is 1. The minimum Gasteiger partial charge on any atom is -0.352 e. The van der Waals surface area contributed by atoms with Crippen molar-refractivity contribution < 1.29 is 4.79 Å². The van der Waals surface area contributed by atoms with Gasteiger partial charge in [0.25, 0.3) is 5.91 Å². The minimum atomic E-state index is -0.111. The second kappa shape index (κ2) is 8.52. The van der Waals surface area contributed by atoms with Crippen LogP contribution in [0.15, 0.2) is 48.8 Å². The van der Waals surface area contributed by atoms with Crippen LogP contribution in [-0.4, -0.2) is 51.6 Å². The van der Waals surface area contributed by atoms with E-state index in [-0.39, 0.29) is 5.91 Å². The van der Waals surface area contributed by atoms with Gasteiger partial charge in [-0.25, -0.2) is 9.50 Å². The van der Waals surface area contributed by atoms with Crippen molar-refractivity contribution in [2.75, 3.05) is 26.2 Å². The summed E-state index contributed by atoms with van der Waals surface area (Å²) >= 11 is 0. The van der Waals surface area contributed by atoms with Crippen LogP contribution in [0.25, 0.3) is 16.9 Å². The molecule has 0 saturated carbocycles. The minimum absolute atomic E-state index is 0.111. The van der Waals surface area contributed by atoms with Crippen molar-refractivity contribution in [1.29, 1.82) is 0 Å². The highest BCUT2D eigenvalue weighted by molar-refractivity contribution is 5.99. The largest absolute Gasteiger partial charge is 0.352 e. The SMILES string of the molecule is CC1CCCN(CCCNC(=O)c2cnn3c(-c4ccccc4)ccnc23)C1. The molecule has 0 radical (unpaired) electrons. The van der Waals surface area contributed by atoms with Crippen molar-refractivity contribution in [3.8, 4) is 11.3 Å². The lowest BCUT2D eigenvalue weighted by atomic mass is 10.0. The molecule has 1 fully saturated rings. The van der Waals surface area contributed by atoms with E-state index in [0.717, 1.165) is 30.1 Å². The Hall–Kier alpha value is -2.73. The summed E-state index contributed by atoms with van der Waals surface area (Å²) in [6.45, 7) is 6.37. The van der Waals surface area contributed by atoms with Crippen molar-refractivity contribution >= 4 is 11.6 Å². The molecule has 1 aliphatic rings. The lowest BCUT2D eigenvalue weighted by Gasteiger charge is -2.30. The summed E-state index contributed by atoms with van der Waals surface area (Å²) in [5, 5.41) is 7.44. The fourth-order valence-corrected chi connectivity index (χ4v) is 3.97. The van der Waals surface area contributed by atoms with Gasteiger partial charge in [-0.05, 0) is 44.3 Å². The number of carbonyl (C=O) groups excluding carboxylic acids is 1. The molecule has 6 nitrogen and oxygen atoms in total. The van der Waals surface area contributed by atoms with Gasteiger partial charge in [0.15, 0.2) is 5.65 Å². The topological polar surface area (TPSA) is 62.5 Å². The van der Waals surface area contributed by atoms with E-state index in [0.29, 0.717) is 17.8 Å². The summed E-state index contributed by atoms with van der Waals surface area (Å²) < 4.78 is 1.74. The van der Waals surface area contributed by atoms with Crippen LogP contribution in [0, 0.1) is 5.92 Å². The van der Waals surface area contributed by atoms with Crippen LogP contribution >= 0.6 is 0 Å². The molecule has 3 heterocycles. The smallest absolute Gasteiger partial charge is 0.256 e. The molecule has 3 aromatic rings. The van der Waals surface area contributed by atoms with Gasteiger partial charge in [-0.3, -0.25) is 4.79 Å². The molecule has 2 aromatic heterocycles. The summed E-state index contributed by atoms with van der Waals surface area (Å²) in [4.78, 5) is 19.5. The quantitative estimate of drug-likeness (QED) is 0.670. The molecule has 1 saturated heterocycles.